The first-order valence-corrected chi connectivity index (χ1v) is 7.70. The second-order valence-electron chi connectivity index (χ2n) is 5.48. The summed E-state index contributed by atoms with van der Waals surface area (Å²) in [6, 6.07) is 13.3. The second-order valence-corrected chi connectivity index (χ2v) is 5.48. The van der Waals surface area contributed by atoms with Gasteiger partial charge in [-0.25, -0.2) is 9.59 Å². The zero-order chi connectivity index (χ0) is 17.8. The number of ether oxygens (including phenoxy) is 1. The van der Waals surface area contributed by atoms with Crippen LogP contribution in [-0.2, 0) is 11.3 Å². The van der Waals surface area contributed by atoms with Crippen molar-refractivity contribution < 1.29 is 24.2 Å². The molecule has 0 fully saturated rings. The minimum absolute atomic E-state index is 0.0200. The number of aromatic carboxylic acids is 1. The zero-order valence-electron chi connectivity index (χ0n) is 13.3. The Labute approximate surface area is 143 Å². The van der Waals surface area contributed by atoms with Gasteiger partial charge in [0, 0.05) is 13.1 Å². The predicted molar refractivity (Wildman–Crippen MR) is 89.7 cm³/mol. The number of carbonyl (C=O) groups excluding carboxylic acids is 2. The van der Waals surface area contributed by atoms with Crippen LogP contribution in [0.15, 0.2) is 48.5 Å². The summed E-state index contributed by atoms with van der Waals surface area (Å²) >= 11 is 0. The quantitative estimate of drug-likeness (QED) is 0.893. The molecule has 1 aliphatic rings. The molecule has 2 aromatic rings. The number of carboxylic acid groups (broad SMARTS) is 1. The van der Waals surface area contributed by atoms with E-state index >= 15 is 0 Å². The SMILES string of the molecule is O=C(O)c1ccc2c(c1)C(=O)NCCN2C(=O)OCc1ccccc1. The van der Waals surface area contributed by atoms with E-state index in [2.05, 4.69) is 5.32 Å². The van der Waals surface area contributed by atoms with Crippen LogP contribution in [0.5, 0.6) is 0 Å². The highest BCUT2D eigenvalue weighted by molar-refractivity contribution is 6.06. The fraction of sp³-hybridized carbons (Fsp3) is 0.167. The van der Waals surface area contributed by atoms with Crippen molar-refractivity contribution in [1.29, 1.82) is 0 Å². The van der Waals surface area contributed by atoms with E-state index in [0.717, 1.165) is 5.56 Å². The molecular formula is C18H16N2O5. The van der Waals surface area contributed by atoms with E-state index < -0.39 is 18.0 Å². The number of nitrogens with zero attached hydrogens (tertiary/aromatic N) is 1. The van der Waals surface area contributed by atoms with Crippen molar-refractivity contribution in [2.24, 2.45) is 0 Å². The van der Waals surface area contributed by atoms with Gasteiger partial charge in [-0.05, 0) is 23.8 Å². The number of hydrogen-bond donors (Lipinski definition) is 2. The van der Waals surface area contributed by atoms with Crippen molar-refractivity contribution in [3.8, 4) is 0 Å². The van der Waals surface area contributed by atoms with Gasteiger partial charge in [0.1, 0.15) is 6.61 Å². The summed E-state index contributed by atoms with van der Waals surface area (Å²) in [5, 5.41) is 11.7. The van der Waals surface area contributed by atoms with Crippen molar-refractivity contribution in [2.45, 2.75) is 6.61 Å². The maximum Gasteiger partial charge on any atom is 0.414 e. The van der Waals surface area contributed by atoms with Gasteiger partial charge >= 0.3 is 12.1 Å². The van der Waals surface area contributed by atoms with Gasteiger partial charge in [-0.3, -0.25) is 9.69 Å². The summed E-state index contributed by atoms with van der Waals surface area (Å²) in [7, 11) is 0. The number of anilines is 1. The molecular weight excluding hydrogens is 324 g/mol. The van der Waals surface area contributed by atoms with E-state index in [1.54, 1.807) is 0 Å². The molecule has 0 saturated carbocycles. The lowest BCUT2D eigenvalue weighted by atomic mass is 10.1. The Hall–Kier alpha value is -3.35. The van der Waals surface area contributed by atoms with Crippen LogP contribution < -0.4 is 10.2 Å². The molecule has 7 heteroatoms. The van der Waals surface area contributed by atoms with E-state index in [9.17, 15) is 14.4 Å². The summed E-state index contributed by atoms with van der Waals surface area (Å²) in [5.74, 6) is -1.56. The molecule has 1 aliphatic heterocycles. The topological polar surface area (TPSA) is 95.9 Å². The monoisotopic (exact) mass is 340 g/mol. The smallest absolute Gasteiger partial charge is 0.414 e. The summed E-state index contributed by atoms with van der Waals surface area (Å²) in [4.78, 5) is 37.1. The maximum absolute atomic E-state index is 12.5. The van der Waals surface area contributed by atoms with Crippen LogP contribution in [0.25, 0.3) is 0 Å². The van der Waals surface area contributed by atoms with Gasteiger partial charge in [-0.1, -0.05) is 30.3 Å². The molecule has 0 unspecified atom stereocenters. The molecule has 128 valence electrons. The lowest BCUT2D eigenvalue weighted by Gasteiger charge is -2.21. The number of amides is 2. The Balaban J connectivity index is 1.84. The van der Waals surface area contributed by atoms with Crippen LogP contribution in [0.2, 0.25) is 0 Å². The highest BCUT2D eigenvalue weighted by Crippen LogP contribution is 2.25. The first-order valence-electron chi connectivity index (χ1n) is 7.70. The minimum atomic E-state index is -1.14. The molecule has 2 N–H and O–H groups in total. The van der Waals surface area contributed by atoms with E-state index in [1.807, 2.05) is 30.3 Å². The third-order valence-electron chi connectivity index (χ3n) is 3.83. The molecule has 0 bridgehead atoms. The normalized spacial score (nSPS) is 13.4. The average Bonchev–Trinajstić information content (AvgIpc) is 2.79. The van der Waals surface area contributed by atoms with Crippen LogP contribution >= 0.6 is 0 Å². The molecule has 25 heavy (non-hydrogen) atoms. The van der Waals surface area contributed by atoms with Crippen molar-refractivity contribution in [2.75, 3.05) is 18.0 Å². The molecule has 1 heterocycles. The number of fused-ring (bicyclic) bond motifs is 1. The van der Waals surface area contributed by atoms with Crippen molar-refractivity contribution in [3.05, 3.63) is 65.2 Å². The maximum atomic E-state index is 12.5. The molecule has 7 nitrogen and oxygen atoms in total. The summed E-state index contributed by atoms with van der Waals surface area (Å²) in [6.45, 7) is 0.592. The summed E-state index contributed by atoms with van der Waals surface area (Å²) < 4.78 is 5.32. The summed E-state index contributed by atoms with van der Waals surface area (Å²) in [5.41, 5.74) is 1.29. The van der Waals surface area contributed by atoms with Crippen LogP contribution in [0, 0.1) is 0 Å². The van der Waals surface area contributed by atoms with E-state index in [1.165, 1.54) is 23.1 Å². The predicted octanol–water partition coefficient (Wildman–Crippen LogP) is 2.27. The second kappa shape index (κ2) is 7.04. The number of rotatable bonds is 3. The van der Waals surface area contributed by atoms with Gasteiger partial charge < -0.3 is 15.2 Å². The number of carbonyl (C=O) groups is 3. The molecule has 0 aliphatic carbocycles. The third-order valence-corrected chi connectivity index (χ3v) is 3.83. The highest BCUT2D eigenvalue weighted by atomic mass is 16.6. The molecule has 0 atom stereocenters. The van der Waals surface area contributed by atoms with Crippen LogP contribution in [0.3, 0.4) is 0 Å². The van der Waals surface area contributed by atoms with Gasteiger partial charge in [-0.2, -0.15) is 0 Å². The number of hydrogen-bond acceptors (Lipinski definition) is 4. The highest BCUT2D eigenvalue weighted by Gasteiger charge is 2.27. The van der Waals surface area contributed by atoms with Crippen molar-refractivity contribution in [1.82, 2.24) is 5.32 Å². The number of nitrogens with one attached hydrogen (secondary N) is 1. The number of carboxylic acids is 1. The minimum Gasteiger partial charge on any atom is -0.478 e. The summed E-state index contributed by atoms with van der Waals surface area (Å²) in [6.07, 6.45) is -0.593. The lowest BCUT2D eigenvalue weighted by molar-refractivity contribution is 0.0697. The van der Waals surface area contributed by atoms with Gasteiger partial charge in [0.2, 0.25) is 0 Å². The molecule has 0 radical (unpaired) electrons. The van der Waals surface area contributed by atoms with Gasteiger partial charge in [0.15, 0.2) is 0 Å². The molecule has 2 amide bonds. The Morgan fingerprint density at radius 1 is 1.16 bits per heavy atom. The van der Waals surface area contributed by atoms with Crippen LogP contribution in [0.1, 0.15) is 26.3 Å². The molecule has 0 saturated heterocycles. The molecule has 2 aromatic carbocycles. The fourth-order valence-electron chi connectivity index (χ4n) is 2.57. The third kappa shape index (κ3) is 3.60. The van der Waals surface area contributed by atoms with Crippen LogP contribution in [-0.4, -0.2) is 36.2 Å². The molecule has 0 spiro atoms. The standard InChI is InChI=1S/C18H16N2O5/c21-16-14-10-13(17(22)23)6-7-15(14)20(9-8-19-16)18(24)25-11-12-4-2-1-3-5-12/h1-7,10H,8-9,11H2,(H,19,21)(H,22,23). The van der Waals surface area contributed by atoms with E-state index in [4.69, 9.17) is 9.84 Å². The first-order chi connectivity index (χ1) is 12.1. The van der Waals surface area contributed by atoms with Gasteiger partial charge in [-0.15, -0.1) is 0 Å². The largest absolute Gasteiger partial charge is 0.478 e. The van der Waals surface area contributed by atoms with Gasteiger partial charge in [0.25, 0.3) is 5.91 Å². The molecule has 0 aromatic heterocycles. The average molecular weight is 340 g/mol. The zero-order valence-corrected chi connectivity index (χ0v) is 13.3. The fourth-order valence-corrected chi connectivity index (χ4v) is 2.57. The Bertz CT molecular complexity index is 819. The Morgan fingerprint density at radius 3 is 2.64 bits per heavy atom. The Morgan fingerprint density at radius 2 is 1.92 bits per heavy atom. The van der Waals surface area contributed by atoms with E-state index in [0.29, 0.717) is 5.69 Å². The Kier molecular flexibility index (Phi) is 4.65. The molecule has 3 rings (SSSR count). The first kappa shape index (κ1) is 16.5. The van der Waals surface area contributed by atoms with Gasteiger partial charge in [0.05, 0.1) is 16.8 Å². The van der Waals surface area contributed by atoms with E-state index in [-0.39, 0.29) is 30.8 Å². The van der Waals surface area contributed by atoms with Crippen molar-refractivity contribution >= 4 is 23.7 Å². The number of benzene rings is 2. The van der Waals surface area contributed by atoms with Crippen LogP contribution in [0.4, 0.5) is 10.5 Å². The lowest BCUT2D eigenvalue weighted by Crippen LogP contribution is -2.35. The van der Waals surface area contributed by atoms with Crippen molar-refractivity contribution in [3.63, 3.8) is 0 Å².